The van der Waals surface area contributed by atoms with Crippen LogP contribution in [-0.2, 0) is 9.53 Å². The molecular formula is C14H17BrFNO3. The molecule has 0 aliphatic carbocycles. The summed E-state index contributed by atoms with van der Waals surface area (Å²) in [7, 11) is 0. The lowest BCUT2D eigenvalue weighted by molar-refractivity contribution is -0.108. The standard InChI is InChI=1S/C14H17BrFNO3/c1-14(2,3)20-13(19)17-12(6-7-18)10-8-9(15)4-5-11(10)16/h4-5,7-8,12H,6H2,1-3H3,(H,17,19)/t12-/m1/s1. The molecule has 1 amide bonds. The third-order valence-corrected chi connectivity index (χ3v) is 2.85. The maximum atomic E-state index is 13.8. The van der Waals surface area contributed by atoms with Gasteiger partial charge in [-0.15, -0.1) is 0 Å². The molecule has 0 saturated heterocycles. The van der Waals surface area contributed by atoms with Gasteiger partial charge in [0.25, 0.3) is 0 Å². The molecule has 1 atom stereocenters. The third-order valence-electron chi connectivity index (χ3n) is 2.36. The molecule has 1 aromatic rings. The van der Waals surface area contributed by atoms with Gasteiger partial charge in [-0.25, -0.2) is 9.18 Å². The van der Waals surface area contributed by atoms with Crippen LogP contribution in [0.2, 0.25) is 0 Å². The van der Waals surface area contributed by atoms with E-state index in [-0.39, 0.29) is 12.0 Å². The fraction of sp³-hybridized carbons (Fsp3) is 0.429. The number of hydrogen-bond acceptors (Lipinski definition) is 3. The van der Waals surface area contributed by atoms with Crippen molar-refractivity contribution in [2.75, 3.05) is 0 Å². The smallest absolute Gasteiger partial charge is 0.408 e. The molecule has 0 heterocycles. The van der Waals surface area contributed by atoms with Gasteiger partial charge >= 0.3 is 6.09 Å². The predicted molar refractivity (Wildman–Crippen MR) is 76.9 cm³/mol. The number of amides is 1. The van der Waals surface area contributed by atoms with E-state index in [2.05, 4.69) is 21.2 Å². The Morgan fingerprint density at radius 2 is 2.15 bits per heavy atom. The van der Waals surface area contributed by atoms with Crippen molar-refractivity contribution < 1.29 is 18.7 Å². The maximum Gasteiger partial charge on any atom is 0.408 e. The second-order valence-electron chi connectivity index (χ2n) is 5.27. The summed E-state index contributed by atoms with van der Waals surface area (Å²) >= 11 is 3.23. The van der Waals surface area contributed by atoms with Gasteiger partial charge in [0.05, 0.1) is 6.04 Å². The molecule has 0 aromatic heterocycles. The molecule has 1 rings (SSSR count). The molecular weight excluding hydrogens is 329 g/mol. The van der Waals surface area contributed by atoms with Crippen molar-refractivity contribution in [3.05, 3.63) is 34.1 Å². The highest BCUT2D eigenvalue weighted by atomic mass is 79.9. The van der Waals surface area contributed by atoms with Gasteiger partial charge in [-0.3, -0.25) is 0 Å². The Bertz CT molecular complexity index is 500. The first-order valence-electron chi connectivity index (χ1n) is 6.11. The molecule has 0 bridgehead atoms. The van der Waals surface area contributed by atoms with Gasteiger partial charge in [0.15, 0.2) is 0 Å². The van der Waals surface area contributed by atoms with Crippen molar-refractivity contribution in [1.29, 1.82) is 0 Å². The van der Waals surface area contributed by atoms with Crippen LogP contribution in [0.15, 0.2) is 22.7 Å². The zero-order valence-corrected chi connectivity index (χ0v) is 13.2. The topological polar surface area (TPSA) is 55.4 Å². The van der Waals surface area contributed by atoms with Crippen LogP contribution < -0.4 is 5.32 Å². The lowest BCUT2D eigenvalue weighted by atomic mass is 10.0. The molecule has 0 unspecified atom stereocenters. The molecule has 0 saturated carbocycles. The SMILES string of the molecule is CC(C)(C)OC(=O)N[C@H](CC=O)c1cc(Br)ccc1F. The summed E-state index contributed by atoms with van der Waals surface area (Å²) in [5.74, 6) is -0.490. The van der Waals surface area contributed by atoms with E-state index in [1.54, 1.807) is 26.8 Å². The van der Waals surface area contributed by atoms with E-state index >= 15 is 0 Å². The Balaban J connectivity index is 2.91. The van der Waals surface area contributed by atoms with E-state index in [0.29, 0.717) is 10.8 Å². The first-order valence-corrected chi connectivity index (χ1v) is 6.90. The zero-order chi connectivity index (χ0) is 15.3. The maximum absolute atomic E-state index is 13.8. The van der Waals surface area contributed by atoms with Gasteiger partial charge in [-0.05, 0) is 39.0 Å². The van der Waals surface area contributed by atoms with Gasteiger partial charge in [-0.1, -0.05) is 15.9 Å². The van der Waals surface area contributed by atoms with Crippen molar-refractivity contribution in [2.24, 2.45) is 0 Å². The van der Waals surface area contributed by atoms with Crippen LogP contribution in [0.3, 0.4) is 0 Å². The van der Waals surface area contributed by atoms with Crippen LogP contribution >= 0.6 is 15.9 Å². The molecule has 0 aliphatic heterocycles. The zero-order valence-electron chi connectivity index (χ0n) is 11.6. The summed E-state index contributed by atoms with van der Waals surface area (Å²) in [6.07, 6.45) is -0.0987. The van der Waals surface area contributed by atoms with Crippen LogP contribution in [0.5, 0.6) is 0 Å². The minimum atomic E-state index is -0.764. The first kappa shape index (κ1) is 16.6. The van der Waals surface area contributed by atoms with Gasteiger partial charge in [-0.2, -0.15) is 0 Å². The van der Waals surface area contributed by atoms with Gasteiger partial charge in [0, 0.05) is 16.5 Å². The van der Waals surface area contributed by atoms with Crippen molar-refractivity contribution in [3.63, 3.8) is 0 Å². The Hall–Kier alpha value is -1.43. The molecule has 20 heavy (non-hydrogen) atoms. The molecule has 1 N–H and O–H groups in total. The molecule has 4 nitrogen and oxygen atoms in total. The molecule has 0 aliphatic rings. The van der Waals surface area contributed by atoms with Crippen LogP contribution in [-0.4, -0.2) is 18.0 Å². The molecule has 0 radical (unpaired) electrons. The summed E-state index contributed by atoms with van der Waals surface area (Å²) < 4.78 is 19.6. The fourth-order valence-corrected chi connectivity index (χ4v) is 1.97. The number of nitrogens with one attached hydrogen (secondary N) is 1. The summed E-state index contributed by atoms with van der Waals surface area (Å²) in [5, 5.41) is 2.51. The normalized spacial score (nSPS) is 12.7. The first-order chi connectivity index (χ1) is 9.23. The third kappa shape index (κ3) is 5.28. The number of alkyl carbamates (subject to hydrolysis) is 1. The van der Waals surface area contributed by atoms with Crippen molar-refractivity contribution in [3.8, 4) is 0 Å². The number of benzene rings is 1. The van der Waals surface area contributed by atoms with Crippen LogP contribution in [0.25, 0.3) is 0 Å². The van der Waals surface area contributed by atoms with Gasteiger partial charge < -0.3 is 14.8 Å². The second-order valence-corrected chi connectivity index (χ2v) is 6.18. The summed E-state index contributed by atoms with van der Waals surface area (Å²) in [5.41, 5.74) is -0.427. The van der Waals surface area contributed by atoms with E-state index < -0.39 is 23.6 Å². The number of halogens is 2. The largest absolute Gasteiger partial charge is 0.444 e. The summed E-state index contributed by atoms with van der Waals surface area (Å²) in [6, 6.07) is 3.58. The van der Waals surface area contributed by atoms with Crippen molar-refractivity contribution in [1.82, 2.24) is 5.32 Å². The number of carbonyl (C=O) groups is 2. The monoisotopic (exact) mass is 345 g/mol. The second kappa shape index (κ2) is 6.83. The Morgan fingerprint density at radius 1 is 1.50 bits per heavy atom. The average molecular weight is 346 g/mol. The lowest BCUT2D eigenvalue weighted by Crippen LogP contribution is -2.35. The highest BCUT2D eigenvalue weighted by Gasteiger charge is 2.22. The quantitative estimate of drug-likeness (QED) is 0.845. The number of aldehydes is 1. The molecule has 1 aromatic carbocycles. The van der Waals surface area contributed by atoms with Crippen molar-refractivity contribution >= 4 is 28.3 Å². The summed E-state index contributed by atoms with van der Waals surface area (Å²) in [6.45, 7) is 5.17. The molecule has 0 spiro atoms. The van der Waals surface area contributed by atoms with E-state index in [0.717, 1.165) is 0 Å². The Morgan fingerprint density at radius 3 is 2.70 bits per heavy atom. The van der Waals surface area contributed by atoms with E-state index in [1.807, 2.05) is 0 Å². The fourth-order valence-electron chi connectivity index (χ4n) is 1.59. The van der Waals surface area contributed by atoms with Crippen LogP contribution in [0.1, 0.15) is 38.8 Å². The molecule has 110 valence electrons. The molecule has 6 heteroatoms. The summed E-state index contributed by atoms with van der Waals surface area (Å²) in [4.78, 5) is 22.5. The number of carbonyl (C=O) groups excluding carboxylic acids is 2. The number of ether oxygens (including phenoxy) is 1. The van der Waals surface area contributed by atoms with Gasteiger partial charge in [0.1, 0.15) is 17.7 Å². The average Bonchev–Trinajstić information content (AvgIpc) is 2.29. The highest BCUT2D eigenvalue weighted by Crippen LogP contribution is 2.24. The predicted octanol–water partition coefficient (Wildman–Crippen LogP) is 3.74. The number of hydrogen-bond donors (Lipinski definition) is 1. The van der Waals surface area contributed by atoms with E-state index in [1.165, 1.54) is 12.1 Å². The van der Waals surface area contributed by atoms with E-state index in [4.69, 9.17) is 4.74 Å². The highest BCUT2D eigenvalue weighted by molar-refractivity contribution is 9.10. The van der Waals surface area contributed by atoms with Crippen LogP contribution in [0.4, 0.5) is 9.18 Å². The Kier molecular flexibility index (Phi) is 5.68. The number of rotatable bonds is 4. The van der Waals surface area contributed by atoms with Gasteiger partial charge in [0.2, 0.25) is 0 Å². The minimum absolute atomic E-state index is 0.0351. The molecule has 0 fully saturated rings. The Labute approximate surface area is 125 Å². The van der Waals surface area contributed by atoms with Crippen LogP contribution in [0, 0.1) is 5.82 Å². The van der Waals surface area contributed by atoms with E-state index in [9.17, 15) is 14.0 Å². The van der Waals surface area contributed by atoms with Crippen molar-refractivity contribution in [2.45, 2.75) is 38.8 Å². The minimum Gasteiger partial charge on any atom is -0.444 e. The lowest BCUT2D eigenvalue weighted by Gasteiger charge is -2.23.